The van der Waals surface area contributed by atoms with Crippen LogP contribution in [0.1, 0.15) is 36.2 Å². The van der Waals surface area contributed by atoms with Gasteiger partial charge in [-0.1, -0.05) is 19.1 Å². The lowest BCUT2D eigenvalue weighted by Gasteiger charge is -2.12. The van der Waals surface area contributed by atoms with Crippen molar-refractivity contribution in [1.82, 2.24) is 9.97 Å². The van der Waals surface area contributed by atoms with Gasteiger partial charge < -0.3 is 5.73 Å². The minimum atomic E-state index is 0.242. The van der Waals surface area contributed by atoms with Crippen molar-refractivity contribution >= 4 is 0 Å². The Kier molecular flexibility index (Phi) is 4.27. The van der Waals surface area contributed by atoms with Crippen LogP contribution in [0.25, 0.3) is 11.3 Å². The van der Waals surface area contributed by atoms with Gasteiger partial charge in [0.2, 0.25) is 0 Å². The van der Waals surface area contributed by atoms with Crippen LogP contribution >= 0.6 is 0 Å². The second-order valence-electron chi connectivity index (χ2n) is 4.94. The quantitative estimate of drug-likeness (QED) is 0.912. The smallest absolute Gasteiger partial charge is 0.133 e. The highest BCUT2D eigenvalue weighted by molar-refractivity contribution is 5.60. The Balaban J connectivity index is 2.40. The van der Waals surface area contributed by atoms with E-state index in [4.69, 9.17) is 5.73 Å². The fourth-order valence-corrected chi connectivity index (χ4v) is 2.09. The van der Waals surface area contributed by atoms with Crippen molar-refractivity contribution in [3.05, 3.63) is 47.4 Å². The first-order valence-electron chi connectivity index (χ1n) is 6.76. The number of rotatable bonds is 4. The fourth-order valence-electron chi connectivity index (χ4n) is 2.09. The average molecular weight is 255 g/mol. The molecular formula is C16H21N3. The Hall–Kier alpha value is -1.74. The molecule has 1 atom stereocenters. The molecule has 1 unspecified atom stereocenters. The molecule has 1 aromatic carbocycles. The molecule has 3 nitrogen and oxygen atoms in total. The zero-order chi connectivity index (χ0) is 13.8. The van der Waals surface area contributed by atoms with E-state index in [1.54, 1.807) is 0 Å². The van der Waals surface area contributed by atoms with Crippen molar-refractivity contribution in [3.63, 3.8) is 0 Å². The maximum atomic E-state index is 5.77. The van der Waals surface area contributed by atoms with Crippen LogP contribution < -0.4 is 5.73 Å². The molecule has 0 amide bonds. The van der Waals surface area contributed by atoms with Crippen LogP contribution in [-0.2, 0) is 0 Å². The molecule has 0 saturated carbocycles. The Labute approximate surface area is 114 Å². The van der Waals surface area contributed by atoms with Crippen LogP contribution in [0.2, 0.25) is 0 Å². The van der Waals surface area contributed by atoms with Crippen LogP contribution in [0.15, 0.2) is 30.5 Å². The number of aromatic nitrogens is 2. The highest BCUT2D eigenvalue weighted by atomic mass is 14.9. The first kappa shape index (κ1) is 13.7. The Morgan fingerprint density at radius 3 is 2.58 bits per heavy atom. The monoisotopic (exact) mass is 255 g/mol. The van der Waals surface area contributed by atoms with Crippen molar-refractivity contribution in [3.8, 4) is 11.3 Å². The SMILES string of the molecule is CCC(CN)c1nccc(-c2ccc(C)c(C)c2)n1. The minimum Gasteiger partial charge on any atom is -0.330 e. The summed E-state index contributed by atoms with van der Waals surface area (Å²) < 4.78 is 0. The summed E-state index contributed by atoms with van der Waals surface area (Å²) in [5, 5.41) is 0. The third-order valence-electron chi connectivity index (χ3n) is 3.62. The molecule has 3 heteroatoms. The average Bonchev–Trinajstić information content (AvgIpc) is 2.44. The van der Waals surface area contributed by atoms with E-state index >= 15 is 0 Å². The molecule has 0 spiro atoms. The molecule has 1 aromatic heterocycles. The molecule has 2 N–H and O–H groups in total. The predicted octanol–water partition coefficient (Wildman–Crippen LogP) is 3.21. The summed E-state index contributed by atoms with van der Waals surface area (Å²) in [5.74, 6) is 1.09. The summed E-state index contributed by atoms with van der Waals surface area (Å²) in [6.45, 7) is 6.94. The van der Waals surface area contributed by atoms with Gasteiger partial charge in [-0.3, -0.25) is 0 Å². The van der Waals surface area contributed by atoms with Gasteiger partial charge in [0.25, 0.3) is 0 Å². The number of hydrogen-bond acceptors (Lipinski definition) is 3. The summed E-state index contributed by atoms with van der Waals surface area (Å²) in [7, 11) is 0. The maximum absolute atomic E-state index is 5.77. The molecule has 0 bridgehead atoms. The van der Waals surface area contributed by atoms with E-state index in [1.807, 2.05) is 12.3 Å². The molecular weight excluding hydrogens is 234 g/mol. The van der Waals surface area contributed by atoms with Crippen LogP contribution in [0.5, 0.6) is 0 Å². The van der Waals surface area contributed by atoms with Crippen molar-refractivity contribution in [1.29, 1.82) is 0 Å². The Morgan fingerprint density at radius 1 is 1.16 bits per heavy atom. The van der Waals surface area contributed by atoms with Gasteiger partial charge in [0.05, 0.1) is 5.69 Å². The number of aryl methyl sites for hydroxylation is 2. The van der Waals surface area contributed by atoms with Gasteiger partial charge >= 0.3 is 0 Å². The van der Waals surface area contributed by atoms with E-state index < -0.39 is 0 Å². The normalized spacial score (nSPS) is 12.4. The molecule has 0 fully saturated rings. The minimum absolute atomic E-state index is 0.242. The van der Waals surface area contributed by atoms with Crippen LogP contribution in [0.4, 0.5) is 0 Å². The topological polar surface area (TPSA) is 51.8 Å². The first-order valence-corrected chi connectivity index (χ1v) is 6.76. The summed E-state index contributed by atoms with van der Waals surface area (Å²) in [6.07, 6.45) is 2.79. The van der Waals surface area contributed by atoms with Crippen LogP contribution in [0, 0.1) is 13.8 Å². The third-order valence-corrected chi connectivity index (χ3v) is 3.62. The lowest BCUT2D eigenvalue weighted by molar-refractivity contribution is 0.631. The molecule has 2 rings (SSSR count). The molecule has 0 aliphatic rings. The molecule has 0 radical (unpaired) electrons. The molecule has 100 valence electrons. The first-order chi connectivity index (χ1) is 9.15. The van der Waals surface area contributed by atoms with Crippen molar-refractivity contribution in [2.45, 2.75) is 33.1 Å². The van der Waals surface area contributed by atoms with E-state index in [1.165, 1.54) is 11.1 Å². The number of benzene rings is 1. The standard InChI is InChI=1S/C16H21N3/c1-4-13(10-17)16-18-8-7-15(19-16)14-6-5-11(2)12(3)9-14/h5-9,13H,4,10,17H2,1-3H3. The van der Waals surface area contributed by atoms with Gasteiger partial charge in [-0.2, -0.15) is 0 Å². The molecule has 0 saturated heterocycles. The summed E-state index contributed by atoms with van der Waals surface area (Å²) in [5.41, 5.74) is 10.5. The second-order valence-corrected chi connectivity index (χ2v) is 4.94. The second kappa shape index (κ2) is 5.93. The lowest BCUT2D eigenvalue weighted by Crippen LogP contribution is -2.14. The predicted molar refractivity (Wildman–Crippen MR) is 79.0 cm³/mol. The van der Waals surface area contributed by atoms with Gasteiger partial charge in [-0.05, 0) is 43.5 Å². The van der Waals surface area contributed by atoms with E-state index in [0.29, 0.717) is 6.54 Å². The van der Waals surface area contributed by atoms with E-state index in [9.17, 15) is 0 Å². The lowest BCUT2D eigenvalue weighted by atomic mass is 10.0. The largest absolute Gasteiger partial charge is 0.330 e. The van der Waals surface area contributed by atoms with E-state index in [2.05, 4.69) is 48.9 Å². The molecule has 0 aliphatic heterocycles. The summed E-state index contributed by atoms with van der Waals surface area (Å²) >= 11 is 0. The Bertz CT molecular complexity index is 560. The van der Waals surface area contributed by atoms with Gasteiger partial charge in [0.1, 0.15) is 5.82 Å². The van der Waals surface area contributed by atoms with Gasteiger partial charge in [0.15, 0.2) is 0 Å². The Morgan fingerprint density at radius 2 is 1.95 bits per heavy atom. The highest BCUT2D eigenvalue weighted by Crippen LogP contribution is 2.22. The zero-order valence-electron chi connectivity index (χ0n) is 11.9. The van der Waals surface area contributed by atoms with E-state index in [-0.39, 0.29) is 5.92 Å². The molecule has 1 heterocycles. The van der Waals surface area contributed by atoms with Crippen LogP contribution in [0.3, 0.4) is 0 Å². The number of hydrogen-bond donors (Lipinski definition) is 1. The van der Waals surface area contributed by atoms with Crippen LogP contribution in [-0.4, -0.2) is 16.5 Å². The molecule has 2 aromatic rings. The summed E-state index contributed by atoms with van der Waals surface area (Å²) in [4.78, 5) is 9.02. The third kappa shape index (κ3) is 2.99. The summed E-state index contributed by atoms with van der Waals surface area (Å²) in [6, 6.07) is 8.37. The number of nitrogens with two attached hydrogens (primary N) is 1. The van der Waals surface area contributed by atoms with Gasteiger partial charge in [0, 0.05) is 24.2 Å². The van der Waals surface area contributed by atoms with Gasteiger partial charge in [-0.15, -0.1) is 0 Å². The highest BCUT2D eigenvalue weighted by Gasteiger charge is 2.11. The van der Waals surface area contributed by atoms with Crippen molar-refractivity contribution in [2.75, 3.05) is 6.54 Å². The van der Waals surface area contributed by atoms with Crippen molar-refractivity contribution < 1.29 is 0 Å². The van der Waals surface area contributed by atoms with E-state index in [0.717, 1.165) is 23.5 Å². The maximum Gasteiger partial charge on any atom is 0.133 e. The number of nitrogens with zero attached hydrogens (tertiary/aromatic N) is 2. The zero-order valence-corrected chi connectivity index (χ0v) is 11.9. The molecule has 19 heavy (non-hydrogen) atoms. The fraction of sp³-hybridized carbons (Fsp3) is 0.375. The van der Waals surface area contributed by atoms with Crippen molar-refractivity contribution in [2.24, 2.45) is 5.73 Å². The van der Waals surface area contributed by atoms with Gasteiger partial charge in [-0.25, -0.2) is 9.97 Å². The molecule has 0 aliphatic carbocycles.